The van der Waals surface area contributed by atoms with E-state index < -0.39 is 0 Å². The monoisotopic (exact) mass is 341 g/mol. The van der Waals surface area contributed by atoms with Gasteiger partial charge in [-0.1, -0.05) is 30.3 Å². The molecule has 1 amide bonds. The predicted octanol–water partition coefficient (Wildman–Crippen LogP) is 3.35. The molecular weight excluding hydrogens is 318 g/mol. The van der Waals surface area contributed by atoms with Crippen molar-refractivity contribution in [3.05, 3.63) is 46.5 Å². The van der Waals surface area contributed by atoms with Gasteiger partial charge in [-0.25, -0.2) is 4.98 Å². The fourth-order valence-electron chi connectivity index (χ4n) is 3.73. The van der Waals surface area contributed by atoms with Crippen LogP contribution in [-0.2, 0) is 17.6 Å². The van der Waals surface area contributed by atoms with Gasteiger partial charge in [0, 0.05) is 10.8 Å². The Kier molecular flexibility index (Phi) is 4.63. The number of carbonyl (C=O) groups excluding carboxylic acids is 1. The maximum Gasteiger partial charge on any atom is 0.229 e. The second kappa shape index (κ2) is 7.03. The van der Waals surface area contributed by atoms with Gasteiger partial charge < -0.3 is 10.6 Å². The Morgan fingerprint density at radius 3 is 2.75 bits per heavy atom. The number of amides is 1. The molecule has 0 bridgehead atoms. The van der Waals surface area contributed by atoms with Crippen LogP contribution in [0.25, 0.3) is 0 Å². The fraction of sp³-hybridized carbons (Fsp3) is 0.474. The van der Waals surface area contributed by atoms with Crippen molar-refractivity contribution in [3.63, 3.8) is 0 Å². The van der Waals surface area contributed by atoms with Gasteiger partial charge in [-0.05, 0) is 56.7 Å². The topological polar surface area (TPSA) is 54.0 Å². The van der Waals surface area contributed by atoms with Gasteiger partial charge in [-0.2, -0.15) is 0 Å². The highest BCUT2D eigenvalue weighted by molar-refractivity contribution is 7.15. The number of thiazole rings is 1. The van der Waals surface area contributed by atoms with E-state index in [2.05, 4.69) is 45.9 Å². The lowest BCUT2D eigenvalue weighted by molar-refractivity contribution is -0.120. The fourth-order valence-corrected chi connectivity index (χ4v) is 4.82. The summed E-state index contributed by atoms with van der Waals surface area (Å²) in [6.07, 6.45) is 5.04. The number of nitrogens with one attached hydrogen (secondary N) is 2. The molecule has 2 aliphatic rings. The highest BCUT2D eigenvalue weighted by atomic mass is 32.1. The lowest BCUT2D eigenvalue weighted by Crippen LogP contribution is -2.34. The molecule has 24 heavy (non-hydrogen) atoms. The van der Waals surface area contributed by atoms with Gasteiger partial charge in [-0.15, -0.1) is 11.3 Å². The molecule has 1 aromatic heterocycles. The number of piperidine rings is 1. The summed E-state index contributed by atoms with van der Waals surface area (Å²) >= 11 is 1.67. The maximum absolute atomic E-state index is 12.4. The first-order valence-corrected chi connectivity index (χ1v) is 9.66. The molecule has 1 aliphatic carbocycles. The zero-order valence-electron chi connectivity index (χ0n) is 13.8. The standard InChI is InChI=1S/C19H23N3OS/c23-18(14-8-10-20-11-9-14)22-19-21-16-7-6-15(12-17(16)24-19)13-4-2-1-3-5-13/h1-5,14-15,20H,6-12H2,(H,21,22,23). The predicted molar refractivity (Wildman–Crippen MR) is 97.5 cm³/mol. The van der Waals surface area contributed by atoms with Gasteiger partial charge in [0.25, 0.3) is 0 Å². The van der Waals surface area contributed by atoms with Crippen molar-refractivity contribution in [1.82, 2.24) is 10.3 Å². The van der Waals surface area contributed by atoms with Crippen LogP contribution in [0, 0.1) is 5.92 Å². The van der Waals surface area contributed by atoms with Crippen LogP contribution in [0.4, 0.5) is 5.13 Å². The summed E-state index contributed by atoms with van der Waals surface area (Å²) in [5, 5.41) is 7.15. The third-order valence-corrected chi connectivity index (χ3v) is 6.19. The molecule has 1 atom stereocenters. The molecule has 0 spiro atoms. The van der Waals surface area contributed by atoms with Gasteiger partial charge in [0.1, 0.15) is 0 Å². The number of rotatable bonds is 3. The molecule has 1 aromatic carbocycles. The van der Waals surface area contributed by atoms with Crippen molar-refractivity contribution in [2.75, 3.05) is 18.4 Å². The quantitative estimate of drug-likeness (QED) is 0.900. The number of carbonyl (C=O) groups is 1. The van der Waals surface area contributed by atoms with Crippen LogP contribution in [0.3, 0.4) is 0 Å². The molecule has 2 aromatic rings. The van der Waals surface area contributed by atoms with E-state index in [1.54, 1.807) is 11.3 Å². The van der Waals surface area contributed by atoms with Gasteiger partial charge >= 0.3 is 0 Å². The molecule has 1 saturated heterocycles. The van der Waals surface area contributed by atoms with Crippen molar-refractivity contribution in [2.45, 2.75) is 38.0 Å². The SMILES string of the molecule is O=C(Nc1nc2c(s1)CC(c1ccccc1)CC2)C1CCNCC1. The largest absolute Gasteiger partial charge is 0.317 e. The number of fused-ring (bicyclic) bond motifs is 1. The average molecular weight is 341 g/mol. The first kappa shape index (κ1) is 15.8. The Hall–Kier alpha value is -1.72. The average Bonchev–Trinajstić information content (AvgIpc) is 3.04. The number of aromatic nitrogens is 1. The van der Waals surface area contributed by atoms with Crippen molar-refractivity contribution in [1.29, 1.82) is 0 Å². The smallest absolute Gasteiger partial charge is 0.229 e. The lowest BCUT2D eigenvalue weighted by Gasteiger charge is -2.21. The Balaban J connectivity index is 1.43. The highest BCUT2D eigenvalue weighted by Gasteiger charge is 2.26. The first-order valence-electron chi connectivity index (χ1n) is 8.84. The van der Waals surface area contributed by atoms with Crippen molar-refractivity contribution >= 4 is 22.4 Å². The van der Waals surface area contributed by atoms with E-state index >= 15 is 0 Å². The Labute approximate surface area is 146 Å². The number of benzene rings is 1. The number of hydrogen-bond donors (Lipinski definition) is 2. The van der Waals surface area contributed by atoms with Crippen molar-refractivity contribution in [3.8, 4) is 0 Å². The highest BCUT2D eigenvalue weighted by Crippen LogP contribution is 2.37. The number of aryl methyl sites for hydroxylation is 1. The molecule has 0 radical (unpaired) electrons. The summed E-state index contributed by atoms with van der Waals surface area (Å²) in [6.45, 7) is 1.87. The molecule has 5 heteroatoms. The maximum atomic E-state index is 12.4. The molecular formula is C19H23N3OS. The zero-order chi connectivity index (χ0) is 16.4. The minimum Gasteiger partial charge on any atom is -0.317 e. The number of nitrogens with zero attached hydrogens (tertiary/aromatic N) is 1. The van der Waals surface area contributed by atoms with E-state index in [4.69, 9.17) is 0 Å². The molecule has 4 nitrogen and oxygen atoms in total. The minimum atomic E-state index is 0.129. The molecule has 1 fully saturated rings. The summed E-state index contributed by atoms with van der Waals surface area (Å²) in [5.41, 5.74) is 2.60. The number of hydrogen-bond acceptors (Lipinski definition) is 4. The molecule has 2 N–H and O–H groups in total. The molecule has 1 unspecified atom stereocenters. The molecule has 0 saturated carbocycles. The Morgan fingerprint density at radius 1 is 1.17 bits per heavy atom. The summed E-state index contributed by atoms with van der Waals surface area (Å²) in [6, 6.07) is 10.7. The van der Waals surface area contributed by atoms with E-state index in [0.29, 0.717) is 5.92 Å². The second-order valence-electron chi connectivity index (χ2n) is 6.75. The van der Waals surface area contributed by atoms with Gasteiger partial charge in [-0.3, -0.25) is 4.79 Å². The van der Waals surface area contributed by atoms with Crippen LogP contribution in [0.5, 0.6) is 0 Å². The van der Waals surface area contributed by atoms with E-state index in [1.165, 1.54) is 16.1 Å². The summed E-state index contributed by atoms with van der Waals surface area (Å²) in [4.78, 5) is 18.4. The second-order valence-corrected chi connectivity index (χ2v) is 7.84. The van der Waals surface area contributed by atoms with E-state index in [0.717, 1.165) is 50.3 Å². The lowest BCUT2D eigenvalue weighted by atomic mass is 9.85. The third kappa shape index (κ3) is 3.37. The minimum absolute atomic E-state index is 0.129. The van der Waals surface area contributed by atoms with Crippen LogP contribution in [0.15, 0.2) is 30.3 Å². The Morgan fingerprint density at radius 2 is 1.96 bits per heavy atom. The van der Waals surface area contributed by atoms with Gasteiger partial charge in [0.15, 0.2) is 5.13 Å². The molecule has 2 heterocycles. The molecule has 126 valence electrons. The summed E-state index contributed by atoms with van der Waals surface area (Å²) < 4.78 is 0. The molecule has 4 rings (SSSR count). The van der Waals surface area contributed by atoms with E-state index in [1.807, 2.05) is 0 Å². The molecule has 1 aliphatic heterocycles. The summed E-state index contributed by atoms with van der Waals surface area (Å²) in [5.74, 6) is 0.846. The van der Waals surface area contributed by atoms with E-state index in [9.17, 15) is 4.79 Å². The van der Waals surface area contributed by atoms with Gasteiger partial charge in [0.05, 0.1) is 5.69 Å². The zero-order valence-corrected chi connectivity index (χ0v) is 14.6. The van der Waals surface area contributed by atoms with Crippen molar-refractivity contribution in [2.24, 2.45) is 5.92 Å². The number of anilines is 1. The van der Waals surface area contributed by atoms with Crippen molar-refractivity contribution < 1.29 is 4.79 Å². The van der Waals surface area contributed by atoms with Crippen LogP contribution < -0.4 is 10.6 Å². The third-order valence-electron chi connectivity index (χ3n) is 5.15. The van der Waals surface area contributed by atoms with Crippen LogP contribution in [0.1, 0.15) is 41.3 Å². The van der Waals surface area contributed by atoms with Crippen LogP contribution >= 0.6 is 11.3 Å². The Bertz CT molecular complexity index is 707. The van der Waals surface area contributed by atoms with Gasteiger partial charge in [0.2, 0.25) is 5.91 Å². The summed E-state index contributed by atoms with van der Waals surface area (Å²) in [7, 11) is 0. The van der Waals surface area contributed by atoms with E-state index in [-0.39, 0.29) is 11.8 Å². The normalized spacial score (nSPS) is 21.2. The van der Waals surface area contributed by atoms with Crippen LogP contribution in [0.2, 0.25) is 0 Å². The van der Waals surface area contributed by atoms with Crippen LogP contribution in [-0.4, -0.2) is 24.0 Å². The first-order chi connectivity index (χ1) is 11.8.